The molecule has 1 nitrogen and oxygen atoms in total. The number of likely N-dealkylation sites (N-methyl/N-ethyl adjacent to an activating group) is 1. The Bertz CT molecular complexity index is 932. The SMILES string of the molecule is C[N+](C)(CCC=C1c2ccccc2CCc2ccccc21)CCc1ccccc1. The van der Waals surface area contributed by atoms with Crippen LogP contribution in [0, 0.1) is 0 Å². The van der Waals surface area contributed by atoms with Crippen LogP contribution in [0.25, 0.3) is 5.57 Å². The summed E-state index contributed by atoms with van der Waals surface area (Å²) in [5.74, 6) is 0. The third-order valence-electron chi connectivity index (χ3n) is 6.21. The largest absolute Gasteiger partial charge is 0.328 e. The molecule has 0 aliphatic heterocycles. The zero-order valence-electron chi connectivity index (χ0n) is 17.8. The number of fused-ring (bicyclic) bond motifs is 2. The van der Waals surface area contributed by atoms with Crippen molar-refractivity contribution in [1.29, 1.82) is 0 Å². The molecule has 0 fully saturated rings. The van der Waals surface area contributed by atoms with Crippen LogP contribution in [0.15, 0.2) is 84.9 Å². The normalized spacial score (nSPS) is 13.4. The van der Waals surface area contributed by atoms with Gasteiger partial charge in [-0.05, 0) is 46.2 Å². The lowest BCUT2D eigenvalue weighted by Gasteiger charge is -2.29. The summed E-state index contributed by atoms with van der Waals surface area (Å²) in [6.45, 7) is 2.32. The molecule has 3 aromatic rings. The first-order valence-corrected chi connectivity index (χ1v) is 10.8. The second-order valence-electron chi connectivity index (χ2n) is 8.84. The molecule has 0 amide bonds. The van der Waals surface area contributed by atoms with Gasteiger partial charge in [0.15, 0.2) is 0 Å². The second kappa shape index (κ2) is 8.80. The van der Waals surface area contributed by atoms with Gasteiger partial charge in [0.1, 0.15) is 0 Å². The molecule has 0 N–H and O–H groups in total. The molecule has 148 valence electrons. The summed E-state index contributed by atoms with van der Waals surface area (Å²) < 4.78 is 1.04. The Labute approximate surface area is 175 Å². The van der Waals surface area contributed by atoms with Gasteiger partial charge >= 0.3 is 0 Å². The summed E-state index contributed by atoms with van der Waals surface area (Å²) >= 11 is 0. The molecule has 0 atom stereocenters. The Morgan fingerprint density at radius 3 is 1.86 bits per heavy atom. The molecule has 29 heavy (non-hydrogen) atoms. The van der Waals surface area contributed by atoms with E-state index in [-0.39, 0.29) is 0 Å². The fourth-order valence-corrected chi connectivity index (χ4v) is 4.38. The van der Waals surface area contributed by atoms with E-state index in [9.17, 15) is 0 Å². The minimum absolute atomic E-state index is 1.04. The molecule has 0 saturated carbocycles. The van der Waals surface area contributed by atoms with Crippen molar-refractivity contribution in [3.8, 4) is 0 Å². The Balaban J connectivity index is 1.52. The topological polar surface area (TPSA) is 0 Å². The number of hydrogen-bond acceptors (Lipinski definition) is 0. The Hall–Kier alpha value is -2.64. The molecular formula is C28H32N+. The highest BCUT2D eigenvalue weighted by atomic mass is 15.3. The van der Waals surface area contributed by atoms with Gasteiger partial charge in [-0.25, -0.2) is 0 Å². The minimum atomic E-state index is 1.04. The average Bonchev–Trinajstić information content (AvgIpc) is 2.91. The van der Waals surface area contributed by atoms with Crippen LogP contribution >= 0.6 is 0 Å². The fourth-order valence-electron chi connectivity index (χ4n) is 4.38. The lowest BCUT2D eigenvalue weighted by molar-refractivity contribution is -0.889. The maximum Gasteiger partial charge on any atom is 0.0823 e. The highest BCUT2D eigenvalue weighted by Crippen LogP contribution is 2.33. The van der Waals surface area contributed by atoms with Crippen LogP contribution in [0.4, 0.5) is 0 Å². The molecule has 0 unspecified atom stereocenters. The van der Waals surface area contributed by atoms with E-state index in [1.54, 1.807) is 0 Å². The van der Waals surface area contributed by atoms with E-state index in [0.29, 0.717) is 0 Å². The molecular weight excluding hydrogens is 350 g/mol. The van der Waals surface area contributed by atoms with E-state index in [2.05, 4.69) is 99.0 Å². The Morgan fingerprint density at radius 2 is 1.24 bits per heavy atom. The second-order valence-corrected chi connectivity index (χ2v) is 8.84. The summed E-state index contributed by atoms with van der Waals surface area (Å²) in [6, 6.07) is 28.8. The highest BCUT2D eigenvalue weighted by Gasteiger charge is 2.18. The summed E-state index contributed by atoms with van der Waals surface area (Å²) in [5.41, 5.74) is 8.67. The summed E-state index contributed by atoms with van der Waals surface area (Å²) in [5, 5.41) is 0. The van der Waals surface area contributed by atoms with Gasteiger partial charge in [0, 0.05) is 12.8 Å². The van der Waals surface area contributed by atoms with Crippen LogP contribution in [0.3, 0.4) is 0 Å². The van der Waals surface area contributed by atoms with E-state index in [1.165, 1.54) is 39.9 Å². The number of rotatable bonds is 6. The maximum atomic E-state index is 2.49. The summed E-state index contributed by atoms with van der Waals surface area (Å²) in [7, 11) is 4.72. The standard InChI is InChI=1S/C28H32N/c1-29(2,22-20-23-11-4-3-5-12-23)21-10-17-28-26-15-8-6-13-24(26)18-19-25-14-7-9-16-27(25)28/h3-9,11-17H,10,18-22H2,1-2H3/q+1. The van der Waals surface area contributed by atoms with Crippen molar-refractivity contribution in [1.82, 2.24) is 0 Å². The van der Waals surface area contributed by atoms with Crippen molar-refractivity contribution in [3.63, 3.8) is 0 Å². The van der Waals surface area contributed by atoms with E-state index in [1.807, 2.05) is 0 Å². The van der Waals surface area contributed by atoms with Crippen molar-refractivity contribution in [2.75, 3.05) is 27.2 Å². The first-order valence-electron chi connectivity index (χ1n) is 10.8. The molecule has 0 heterocycles. The van der Waals surface area contributed by atoms with Crippen molar-refractivity contribution < 1.29 is 4.48 Å². The van der Waals surface area contributed by atoms with Gasteiger partial charge in [-0.3, -0.25) is 0 Å². The Kier molecular flexibility index (Phi) is 5.97. The molecule has 0 bridgehead atoms. The van der Waals surface area contributed by atoms with Gasteiger partial charge in [0.2, 0.25) is 0 Å². The predicted octanol–water partition coefficient (Wildman–Crippen LogP) is 5.93. The monoisotopic (exact) mass is 382 g/mol. The van der Waals surface area contributed by atoms with E-state index >= 15 is 0 Å². The first kappa shape index (κ1) is 19.7. The van der Waals surface area contributed by atoms with E-state index in [0.717, 1.165) is 36.7 Å². The third-order valence-corrected chi connectivity index (χ3v) is 6.21. The number of aryl methyl sites for hydroxylation is 2. The smallest absolute Gasteiger partial charge is 0.0823 e. The zero-order chi connectivity index (χ0) is 20.1. The number of hydrogen-bond donors (Lipinski definition) is 0. The van der Waals surface area contributed by atoms with Crippen molar-refractivity contribution in [2.24, 2.45) is 0 Å². The zero-order valence-corrected chi connectivity index (χ0v) is 17.8. The van der Waals surface area contributed by atoms with E-state index in [4.69, 9.17) is 0 Å². The fraction of sp³-hybridized carbons (Fsp3) is 0.286. The lowest BCUT2D eigenvalue weighted by atomic mass is 9.93. The van der Waals surface area contributed by atoms with Crippen LogP contribution in [0.5, 0.6) is 0 Å². The van der Waals surface area contributed by atoms with Crippen molar-refractivity contribution >= 4 is 5.57 Å². The van der Waals surface area contributed by atoms with E-state index < -0.39 is 0 Å². The quantitative estimate of drug-likeness (QED) is 0.464. The third kappa shape index (κ3) is 4.86. The van der Waals surface area contributed by atoms with Gasteiger partial charge in [0.25, 0.3) is 0 Å². The Morgan fingerprint density at radius 1 is 0.690 bits per heavy atom. The molecule has 0 spiro atoms. The highest BCUT2D eigenvalue weighted by molar-refractivity contribution is 5.83. The lowest BCUT2D eigenvalue weighted by Crippen LogP contribution is -2.41. The van der Waals surface area contributed by atoms with Gasteiger partial charge < -0.3 is 4.48 Å². The molecule has 1 aliphatic carbocycles. The predicted molar refractivity (Wildman–Crippen MR) is 124 cm³/mol. The van der Waals surface area contributed by atoms with Crippen LogP contribution < -0.4 is 0 Å². The molecule has 1 aliphatic rings. The molecule has 3 aromatic carbocycles. The molecule has 0 radical (unpaired) electrons. The number of nitrogens with zero attached hydrogens (tertiary/aromatic N) is 1. The van der Waals surface area contributed by atoms with Crippen LogP contribution in [-0.4, -0.2) is 31.7 Å². The molecule has 0 saturated heterocycles. The number of quaternary nitrogens is 1. The summed E-state index contributed by atoms with van der Waals surface area (Å²) in [4.78, 5) is 0. The van der Waals surface area contributed by atoms with Gasteiger partial charge in [-0.2, -0.15) is 0 Å². The van der Waals surface area contributed by atoms with Crippen LogP contribution in [0.2, 0.25) is 0 Å². The molecule has 1 heteroatoms. The van der Waals surface area contributed by atoms with Gasteiger partial charge in [0.05, 0.1) is 27.2 Å². The van der Waals surface area contributed by atoms with Crippen LogP contribution in [-0.2, 0) is 19.3 Å². The first-order chi connectivity index (χ1) is 14.1. The molecule has 4 rings (SSSR count). The van der Waals surface area contributed by atoms with Gasteiger partial charge in [-0.1, -0.05) is 84.9 Å². The summed E-state index contributed by atoms with van der Waals surface area (Å²) in [6.07, 6.45) is 6.98. The number of benzene rings is 3. The van der Waals surface area contributed by atoms with Gasteiger partial charge in [-0.15, -0.1) is 0 Å². The minimum Gasteiger partial charge on any atom is -0.328 e. The molecule has 0 aromatic heterocycles. The van der Waals surface area contributed by atoms with Crippen LogP contribution in [0.1, 0.15) is 34.2 Å². The average molecular weight is 383 g/mol. The van der Waals surface area contributed by atoms with Crippen molar-refractivity contribution in [2.45, 2.75) is 25.7 Å². The van der Waals surface area contributed by atoms with Crippen molar-refractivity contribution in [3.05, 3.63) is 113 Å². The maximum absolute atomic E-state index is 2.49.